The first kappa shape index (κ1) is 39.1. The number of fused-ring (bicyclic) bond motifs is 3. The van der Waals surface area contributed by atoms with Crippen LogP contribution in [-0.2, 0) is 5.41 Å². The molecule has 0 heterocycles. The molecule has 1 aliphatic rings. The predicted octanol–water partition coefficient (Wildman–Crippen LogP) is 17.4. The van der Waals surface area contributed by atoms with Gasteiger partial charge in [-0.3, -0.25) is 0 Å². The molecule has 0 amide bonds. The van der Waals surface area contributed by atoms with Crippen molar-refractivity contribution in [1.29, 1.82) is 0 Å². The zero-order chi connectivity index (χ0) is 43.9. The first-order valence-corrected chi connectivity index (χ1v) is 22.8. The van der Waals surface area contributed by atoms with Crippen LogP contribution in [0.15, 0.2) is 267 Å². The topological polar surface area (TPSA) is 3.24 Å². The first-order valence-electron chi connectivity index (χ1n) is 22.8. The third-order valence-electron chi connectivity index (χ3n) is 13.6. The minimum absolute atomic E-state index is 0.437. The van der Waals surface area contributed by atoms with E-state index in [4.69, 9.17) is 0 Å². The third-order valence-corrected chi connectivity index (χ3v) is 13.6. The van der Waals surface area contributed by atoms with Gasteiger partial charge in [-0.25, -0.2) is 0 Å². The molecule has 66 heavy (non-hydrogen) atoms. The maximum Gasteiger partial charge on any atom is 0.0713 e. The standard InChI is InChI=1S/C65H45N/c1-3-18-58(19-4-1)65(59-20-5-2-6-21-59)63-22-12-11-17-57(63)45-64(65)52-27-23-48(24-28-52)49-31-37-60(38-32-49)66(61-39-33-50(34-40-61)55-29-25-46-13-7-9-15-53(46)43-55)62-41-35-51(36-42-62)56-30-26-47-14-8-10-16-54(47)44-56/h1-45H. The maximum absolute atomic E-state index is 2.40. The lowest BCUT2D eigenvalue weighted by molar-refractivity contribution is 0.814. The number of hydrogen-bond acceptors (Lipinski definition) is 1. The van der Waals surface area contributed by atoms with Crippen molar-refractivity contribution in [3.8, 4) is 33.4 Å². The number of rotatable bonds is 9. The van der Waals surface area contributed by atoms with Crippen LogP contribution >= 0.6 is 0 Å². The minimum Gasteiger partial charge on any atom is -0.311 e. The van der Waals surface area contributed by atoms with E-state index in [1.165, 1.54) is 88.3 Å². The molecule has 1 aliphatic carbocycles. The Morgan fingerprint density at radius 3 is 1.08 bits per heavy atom. The van der Waals surface area contributed by atoms with Crippen LogP contribution < -0.4 is 4.90 Å². The Hall–Kier alpha value is -8.52. The number of hydrogen-bond donors (Lipinski definition) is 0. The molecule has 0 spiro atoms. The average molecular weight is 840 g/mol. The number of benzene rings is 11. The lowest BCUT2D eigenvalue weighted by Gasteiger charge is -2.36. The Balaban J connectivity index is 0.889. The van der Waals surface area contributed by atoms with Crippen molar-refractivity contribution in [3.63, 3.8) is 0 Å². The fourth-order valence-electron chi connectivity index (χ4n) is 10.3. The number of anilines is 3. The average Bonchev–Trinajstić information content (AvgIpc) is 3.76. The Bertz CT molecular complexity index is 3370. The SMILES string of the molecule is C1=C(c2ccc(-c3ccc(N(c4ccc(-c5ccc6ccccc6c5)cc4)c4ccc(-c5ccc6ccccc6c5)cc4)cc3)cc2)C(c2ccccc2)(c2ccccc2)c2ccccc21. The highest BCUT2D eigenvalue weighted by Gasteiger charge is 2.45. The van der Waals surface area contributed by atoms with Crippen LogP contribution in [0.5, 0.6) is 0 Å². The molecule has 0 aliphatic heterocycles. The summed E-state index contributed by atoms with van der Waals surface area (Å²) < 4.78 is 0. The van der Waals surface area contributed by atoms with Crippen molar-refractivity contribution >= 4 is 50.3 Å². The summed E-state index contributed by atoms with van der Waals surface area (Å²) in [5.41, 5.74) is 17.6. The van der Waals surface area contributed by atoms with E-state index >= 15 is 0 Å². The highest BCUT2D eigenvalue weighted by atomic mass is 15.1. The van der Waals surface area contributed by atoms with Crippen LogP contribution in [0.25, 0.3) is 66.6 Å². The van der Waals surface area contributed by atoms with E-state index in [0.717, 1.165) is 17.1 Å². The van der Waals surface area contributed by atoms with E-state index in [1.807, 2.05) is 0 Å². The highest BCUT2D eigenvalue weighted by molar-refractivity contribution is 6.00. The normalized spacial score (nSPS) is 12.8. The van der Waals surface area contributed by atoms with Gasteiger partial charge in [0.05, 0.1) is 5.41 Å². The number of nitrogens with zero attached hydrogens (tertiary/aromatic N) is 1. The Labute approximate surface area is 386 Å². The van der Waals surface area contributed by atoms with Crippen LogP contribution in [0.4, 0.5) is 17.1 Å². The molecular formula is C65H45N. The van der Waals surface area contributed by atoms with Crippen molar-refractivity contribution in [3.05, 3.63) is 295 Å². The molecule has 310 valence electrons. The molecule has 0 atom stereocenters. The van der Waals surface area contributed by atoms with Gasteiger partial charge in [0.2, 0.25) is 0 Å². The second kappa shape index (κ2) is 16.6. The van der Waals surface area contributed by atoms with E-state index in [1.54, 1.807) is 0 Å². The van der Waals surface area contributed by atoms with Crippen LogP contribution in [-0.4, -0.2) is 0 Å². The highest BCUT2D eigenvalue weighted by Crippen LogP contribution is 2.55. The fourth-order valence-corrected chi connectivity index (χ4v) is 10.3. The Morgan fingerprint density at radius 1 is 0.258 bits per heavy atom. The molecule has 0 saturated heterocycles. The lowest BCUT2D eigenvalue weighted by atomic mass is 9.65. The zero-order valence-corrected chi connectivity index (χ0v) is 36.4. The van der Waals surface area contributed by atoms with E-state index < -0.39 is 5.41 Å². The monoisotopic (exact) mass is 839 g/mol. The predicted molar refractivity (Wildman–Crippen MR) is 280 cm³/mol. The summed E-state index contributed by atoms with van der Waals surface area (Å²) in [7, 11) is 0. The van der Waals surface area contributed by atoms with Gasteiger partial charge in [-0.05, 0) is 143 Å². The second-order valence-corrected chi connectivity index (χ2v) is 17.3. The molecule has 0 saturated carbocycles. The Kier molecular flexibility index (Phi) is 9.81. The van der Waals surface area contributed by atoms with Crippen molar-refractivity contribution in [1.82, 2.24) is 0 Å². The summed E-state index contributed by atoms with van der Waals surface area (Å²) in [5.74, 6) is 0. The summed E-state index contributed by atoms with van der Waals surface area (Å²) in [6.07, 6.45) is 2.40. The van der Waals surface area contributed by atoms with Crippen molar-refractivity contribution < 1.29 is 0 Å². The summed E-state index contributed by atoms with van der Waals surface area (Å²) in [6, 6.07) is 97.6. The van der Waals surface area contributed by atoms with Gasteiger partial charge in [-0.2, -0.15) is 0 Å². The van der Waals surface area contributed by atoms with Gasteiger partial charge in [-0.15, -0.1) is 0 Å². The van der Waals surface area contributed by atoms with Gasteiger partial charge < -0.3 is 4.90 Å². The van der Waals surface area contributed by atoms with Gasteiger partial charge in [0, 0.05) is 17.1 Å². The van der Waals surface area contributed by atoms with Crippen LogP contribution in [0.2, 0.25) is 0 Å². The molecule has 0 N–H and O–H groups in total. The molecule has 0 bridgehead atoms. The molecule has 11 aromatic rings. The minimum atomic E-state index is -0.437. The molecule has 1 nitrogen and oxygen atoms in total. The molecule has 0 aromatic heterocycles. The molecule has 0 radical (unpaired) electrons. The summed E-state index contributed by atoms with van der Waals surface area (Å²) >= 11 is 0. The van der Waals surface area contributed by atoms with Crippen molar-refractivity contribution in [2.24, 2.45) is 0 Å². The molecule has 11 aromatic carbocycles. The fraction of sp³-hybridized carbons (Fsp3) is 0.0154. The largest absolute Gasteiger partial charge is 0.311 e. The van der Waals surface area contributed by atoms with E-state index in [0.29, 0.717) is 0 Å². The van der Waals surface area contributed by atoms with Crippen molar-refractivity contribution in [2.45, 2.75) is 5.41 Å². The first-order chi connectivity index (χ1) is 32.7. The summed E-state index contributed by atoms with van der Waals surface area (Å²) in [6.45, 7) is 0. The quantitative estimate of drug-likeness (QED) is 0.140. The number of allylic oxidation sites excluding steroid dienone is 1. The van der Waals surface area contributed by atoms with Gasteiger partial charge in [0.25, 0.3) is 0 Å². The third kappa shape index (κ3) is 6.90. The zero-order valence-electron chi connectivity index (χ0n) is 36.4. The molecule has 0 unspecified atom stereocenters. The van der Waals surface area contributed by atoms with Crippen LogP contribution in [0.1, 0.15) is 27.8 Å². The van der Waals surface area contributed by atoms with Crippen LogP contribution in [0, 0.1) is 0 Å². The smallest absolute Gasteiger partial charge is 0.0713 e. The molecule has 0 fully saturated rings. The van der Waals surface area contributed by atoms with Gasteiger partial charge in [0.15, 0.2) is 0 Å². The lowest BCUT2D eigenvalue weighted by Crippen LogP contribution is -2.29. The molecule has 12 rings (SSSR count). The molecular weight excluding hydrogens is 795 g/mol. The maximum atomic E-state index is 2.40. The van der Waals surface area contributed by atoms with Crippen LogP contribution in [0.3, 0.4) is 0 Å². The van der Waals surface area contributed by atoms with E-state index in [9.17, 15) is 0 Å². The summed E-state index contributed by atoms with van der Waals surface area (Å²) in [4.78, 5) is 2.36. The second-order valence-electron chi connectivity index (χ2n) is 17.3. The molecule has 1 heteroatoms. The summed E-state index contributed by atoms with van der Waals surface area (Å²) in [5, 5.41) is 4.99. The van der Waals surface area contributed by atoms with Gasteiger partial charge in [0.1, 0.15) is 0 Å². The van der Waals surface area contributed by atoms with Crippen molar-refractivity contribution in [2.75, 3.05) is 4.90 Å². The van der Waals surface area contributed by atoms with Gasteiger partial charge >= 0.3 is 0 Å². The Morgan fingerprint density at radius 2 is 0.606 bits per heavy atom. The van der Waals surface area contributed by atoms with E-state index in [-0.39, 0.29) is 0 Å². The van der Waals surface area contributed by atoms with Gasteiger partial charge in [-0.1, -0.05) is 218 Å². The van der Waals surface area contributed by atoms with E-state index in [2.05, 4.69) is 278 Å².